The minimum Gasteiger partial charge on any atom is -0.342 e. The highest BCUT2D eigenvalue weighted by molar-refractivity contribution is 5.76. The van der Waals surface area contributed by atoms with Crippen LogP contribution >= 0.6 is 0 Å². The van der Waals surface area contributed by atoms with E-state index in [1.165, 1.54) is 51.4 Å². The van der Waals surface area contributed by atoms with Gasteiger partial charge in [-0.1, -0.05) is 32.6 Å². The van der Waals surface area contributed by atoms with Crippen LogP contribution in [0.5, 0.6) is 0 Å². The zero-order valence-electron chi connectivity index (χ0n) is 12.4. The van der Waals surface area contributed by atoms with Crippen molar-refractivity contribution in [1.29, 1.82) is 0 Å². The van der Waals surface area contributed by atoms with E-state index in [0.29, 0.717) is 11.8 Å². The van der Waals surface area contributed by atoms with E-state index in [1.807, 2.05) is 0 Å². The quantitative estimate of drug-likeness (QED) is 0.741. The summed E-state index contributed by atoms with van der Waals surface area (Å²) in [5.74, 6) is 3.59. The van der Waals surface area contributed by atoms with E-state index in [0.717, 1.165) is 37.3 Å². The van der Waals surface area contributed by atoms with Gasteiger partial charge in [-0.25, -0.2) is 0 Å². The average molecular weight is 263 g/mol. The molecule has 2 nitrogen and oxygen atoms in total. The minimum absolute atomic E-state index is 0.468. The molecule has 3 aliphatic rings. The second-order valence-corrected chi connectivity index (χ2v) is 7.32. The molecule has 0 radical (unpaired) electrons. The van der Waals surface area contributed by atoms with Gasteiger partial charge in [-0.05, 0) is 49.4 Å². The van der Waals surface area contributed by atoms with Gasteiger partial charge in [0.05, 0.1) is 0 Å². The normalized spacial score (nSPS) is 36.3. The van der Waals surface area contributed by atoms with E-state index in [1.54, 1.807) is 0 Å². The fourth-order valence-electron chi connectivity index (χ4n) is 4.67. The number of fused-ring (bicyclic) bond motifs is 2. The highest BCUT2D eigenvalue weighted by atomic mass is 16.2. The Morgan fingerprint density at radius 3 is 2.05 bits per heavy atom. The van der Waals surface area contributed by atoms with Crippen molar-refractivity contribution in [2.24, 2.45) is 23.7 Å². The molecule has 2 aliphatic carbocycles. The van der Waals surface area contributed by atoms with Crippen LogP contribution in [0.25, 0.3) is 0 Å². The third kappa shape index (κ3) is 2.98. The van der Waals surface area contributed by atoms with Crippen LogP contribution < -0.4 is 0 Å². The summed E-state index contributed by atoms with van der Waals surface area (Å²) in [6, 6.07) is 0. The van der Waals surface area contributed by atoms with E-state index < -0.39 is 0 Å². The number of hydrogen-bond donors (Lipinski definition) is 0. The molecule has 2 unspecified atom stereocenters. The molecule has 3 rings (SSSR count). The summed E-state index contributed by atoms with van der Waals surface area (Å²) in [5, 5.41) is 0. The second kappa shape index (κ2) is 5.85. The predicted molar refractivity (Wildman–Crippen MR) is 77.8 cm³/mol. The molecule has 19 heavy (non-hydrogen) atoms. The monoisotopic (exact) mass is 263 g/mol. The number of rotatable bonds is 2. The van der Waals surface area contributed by atoms with Crippen molar-refractivity contribution in [3.05, 3.63) is 0 Å². The Morgan fingerprint density at radius 2 is 1.47 bits per heavy atom. The van der Waals surface area contributed by atoms with Crippen molar-refractivity contribution < 1.29 is 4.79 Å². The van der Waals surface area contributed by atoms with Crippen molar-refractivity contribution in [3.63, 3.8) is 0 Å². The molecule has 1 saturated heterocycles. The second-order valence-electron chi connectivity index (χ2n) is 7.32. The van der Waals surface area contributed by atoms with E-state index >= 15 is 0 Å². The topological polar surface area (TPSA) is 20.3 Å². The fraction of sp³-hybridized carbons (Fsp3) is 0.941. The van der Waals surface area contributed by atoms with Crippen molar-refractivity contribution in [2.75, 3.05) is 13.1 Å². The van der Waals surface area contributed by atoms with Gasteiger partial charge in [-0.15, -0.1) is 0 Å². The zero-order chi connectivity index (χ0) is 13.2. The molecule has 108 valence electrons. The summed E-state index contributed by atoms with van der Waals surface area (Å²) in [5.41, 5.74) is 0. The summed E-state index contributed by atoms with van der Waals surface area (Å²) in [7, 11) is 0. The predicted octanol–water partition coefficient (Wildman–Crippen LogP) is 3.85. The molecule has 3 fully saturated rings. The Balaban J connectivity index is 1.60. The van der Waals surface area contributed by atoms with Crippen molar-refractivity contribution in [1.82, 2.24) is 4.90 Å². The van der Waals surface area contributed by atoms with Gasteiger partial charge < -0.3 is 4.90 Å². The molecule has 0 N–H and O–H groups in total. The van der Waals surface area contributed by atoms with Crippen LogP contribution in [0.3, 0.4) is 0 Å². The Morgan fingerprint density at radius 1 is 0.947 bits per heavy atom. The van der Waals surface area contributed by atoms with E-state index in [2.05, 4.69) is 11.8 Å². The summed E-state index contributed by atoms with van der Waals surface area (Å²) in [6.07, 6.45) is 11.6. The largest absolute Gasteiger partial charge is 0.342 e. The lowest BCUT2D eigenvalue weighted by Crippen LogP contribution is -2.47. The first-order valence-corrected chi connectivity index (χ1v) is 8.52. The van der Waals surface area contributed by atoms with Crippen molar-refractivity contribution >= 4 is 5.91 Å². The molecule has 1 heterocycles. The molecular weight excluding hydrogens is 234 g/mol. The van der Waals surface area contributed by atoms with Gasteiger partial charge in [0.2, 0.25) is 5.91 Å². The number of hydrogen-bond acceptors (Lipinski definition) is 1. The molecule has 2 saturated carbocycles. The maximum absolute atomic E-state index is 12.5. The lowest BCUT2D eigenvalue weighted by Gasteiger charge is -2.41. The molecular formula is C17H29NO. The fourth-order valence-corrected chi connectivity index (χ4v) is 4.67. The minimum atomic E-state index is 0.468. The van der Waals surface area contributed by atoms with Gasteiger partial charge in [0, 0.05) is 19.5 Å². The number of nitrogens with zero attached hydrogens (tertiary/aromatic N) is 1. The third-order valence-corrected chi connectivity index (χ3v) is 6.09. The van der Waals surface area contributed by atoms with Gasteiger partial charge in [0.25, 0.3) is 0 Å². The summed E-state index contributed by atoms with van der Waals surface area (Å²) >= 11 is 0. The molecule has 2 heteroatoms. The van der Waals surface area contributed by atoms with Gasteiger partial charge in [-0.2, -0.15) is 0 Å². The Bertz CT molecular complexity index is 305. The van der Waals surface area contributed by atoms with Crippen LogP contribution in [0, 0.1) is 23.7 Å². The van der Waals surface area contributed by atoms with E-state index in [4.69, 9.17) is 0 Å². The van der Waals surface area contributed by atoms with Gasteiger partial charge in [0.1, 0.15) is 0 Å². The van der Waals surface area contributed by atoms with Crippen molar-refractivity contribution in [2.45, 2.75) is 64.7 Å². The SMILES string of the molecule is CC1C2CCCCC1CN(C(=O)CC1CCCC1)C2. The molecule has 0 aromatic rings. The van der Waals surface area contributed by atoms with Crippen LogP contribution in [-0.4, -0.2) is 23.9 Å². The molecule has 0 aromatic heterocycles. The van der Waals surface area contributed by atoms with E-state index in [9.17, 15) is 4.79 Å². The highest BCUT2D eigenvalue weighted by Crippen LogP contribution is 2.38. The zero-order valence-corrected chi connectivity index (χ0v) is 12.4. The van der Waals surface area contributed by atoms with Crippen LogP contribution in [0.15, 0.2) is 0 Å². The summed E-state index contributed by atoms with van der Waals surface area (Å²) in [6.45, 7) is 4.55. The smallest absolute Gasteiger partial charge is 0.222 e. The van der Waals surface area contributed by atoms with E-state index in [-0.39, 0.29) is 0 Å². The van der Waals surface area contributed by atoms with Crippen LogP contribution in [-0.2, 0) is 4.79 Å². The van der Waals surface area contributed by atoms with Gasteiger partial charge in [0.15, 0.2) is 0 Å². The molecule has 1 amide bonds. The summed E-state index contributed by atoms with van der Waals surface area (Å²) in [4.78, 5) is 14.8. The lowest BCUT2D eigenvalue weighted by molar-refractivity contribution is -0.136. The molecule has 0 aromatic carbocycles. The lowest BCUT2D eigenvalue weighted by atomic mass is 9.78. The number of piperidine rings is 1. The summed E-state index contributed by atoms with van der Waals surface area (Å²) < 4.78 is 0. The number of carbonyl (C=O) groups is 1. The van der Waals surface area contributed by atoms with Gasteiger partial charge >= 0.3 is 0 Å². The molecule has 0 spiro atoms. The molecule has 2 bridgehead atoms. The molecule has 2 atom stereocenters. The van der Waals surface area contributed by atoms with Crippen LogP contribution in [0.1, 0.15) is 64.7 Å². The average Bonchev–Trinajstić information content (AvgIpc) is 2.87. The Hall–Kier alpha value is -0.530. The van der Waals surface area contributed by atoms with Gasteiger partial charge in [-0.3, -0.25) is 4.79 Å². The highest BCUT2D eigenvalue weighted by Gasteiger charge is 2.37. The standard InChI is InChI=1S/C17H29NO/c1-13-15-8-4-5-9-16(13)12-18(11-15)17(19)10-14-6-2-3-7-14/h13-16H,2-12H2,1H3. The third-order valence-electron chi connectivity index (χ3n) is 6.09. The first-order valence-electron chi connectivity index (χ1n) is 8.52. The Kier molecular flexibility index (Phi) is 4.14. The number of likely N-dealkylation sites (tertiary alicyclic amines) is 1. The van der Waals surface area contributed by atoms with Crippen LogP contribution in [0.2, 0.25) is 0 Å². The number of amides is 1. The molecule has 1 aliphatic heterocycles. The maximum atomic E-state index is 12.5. The first kappa shape index (κ1) is 13.5. The number of carbonyl (C=O) groups excluding carboxylic acids is 1. The van der Waals surface area contributed by atoms with Crippen molar-refractivity contribution in [3.8, 4) is 0 Å². The first-order chi connectivity index (χ1) is 9.24. The Labute approximate surface area is 117 Å². The van der Waals surface area contributed by atoms with Crippen LogP contribution in [0.4, 0.5) is 0 Å². The maximum Gasteiger partial charge on any atom is 0.222 e.